The number of anilines is 1. The van der Waals surface area contributed by atoms with E-state index in [4.69, 9.17) is 21.1 Å². The number of halogens is 1. The molecule has 0 unspecified atom stereocenters. The van der Waals surface area contributed by atoms with Crippen LogP contribution >= 0.6 is 23.4 Å². The Labute approximate surface area is 240 Å². The second-order valence-electron chi connectivity index (χ2n) is 9.00. The molecule has 1 saturated heterocycles. The van der Waals surface area contributed by atoms with Crippen LogP contribution in [-0.4, -0.2) is 41.7 Å². The number of ether oxygens (including phenoxy) is 2. The van der Waals surface area contributed by atoms with E-state index in [-0.39, 0.29) is 35.8 Å². The predicted octanol–water partition coefficient (Wildman–Crippen LogP) is 6.93. The number of carbonyl (C=O) groups is 3. The van der Waals surface area contributed by atoms with Crippen LogP contribution in [0.25, 0.3) is 16.8 Å². The number of carbonyl (C=O) groups excluding carboxylic acids is 3. The van der Waals surface area contributed by atoms with E-state index < -0.39 is 5.91 Å². The lowest BCUT2D eigenvalue weighted by atomic mass is 10.1. The third-order valence-corrected chi connectivity index (χ3v) is 7.53. The molecule has 5 rings (SSSR count). The van der Waals surface area contributed by atoms with E-state index in [1.165, 1.54) is 4.90 Å². The van der Waals surface area contributed by atoms with Crippen LogP contribution in [0.1, 0.15) is 11.1 Å². The Bertz CT molecular complexity index is 1630. The van der Waals surface area contributed by atoms with Crippen molar-refractivity contribution in [3.63, 3.8) is 0 Å². The number of fused-ring (bicyclic) bond motifs is 1. The summed E-state index contributed by atoms with van der Waals surface area (Å²) in [6.45, 7) is 1.92. The summed E-state index contributed by atoms with van der Waals surface area (Å²) in [6, 6.07) is 25.9. The molecule has 1 N–H and O–H groups in total. The fraction of sp³-hybridized carbons (Fsp3) is 0.129. The number of imide groups is 1. The molecule has 0 aliphatic carbocycles. The third-order valence-electron chi connectivity index (χ3n) is 6.22. The Morgan fingerprint density at radius 2 is 1.70 bits per heavy atom. The Balaban J connectivity index is 1.21. The molecule has 0 saturated carbocycles. The van der Waals surface area contributed by atoms with Crippen LogP contribution in [-0.2, 0) is 9.59 Å². The van der Waals surface area contributed by atoms with Gasteiger partial charge in [0.2, 0.25) is 0 Å². The van der Waals surface area contributed by atoms with Crippen molar-refractivity contribution >= 4 is 63.0 Å². The summed E-state index contributed by atoms with van der Waals surface area (Å²) >= 11 is 6.99. The molecule has 1 heterocycles. The zero-order chi connectivity index (χ0) is 28.1. The maximum atomic E-state index is 13.1. The zero-order valence-corrected chi connectivity index (χ0v) is 23.1. The van der Waals surface area contributed by atoms with E-state index in [0.717, 1.165) is 28.1 Å². The zero-order valence-electron chi connectivity index (χ0n) is 21.6. The number of nitrogens with zero attached hydrogens (tertiary/aromatic N) is 1. The fourth-order valence-electron chi connectivity index (χ4n) is 4.14. The lowest BCUT2D eigenvalue weighted by Crippen LogP contribution is -2.32. The molecule has 0 spiro atoms. The summed E-state index contributed by atoms with van der Waals surface area (Å²) < 4.78 is 11.7. The SMILES string of the molecule is Cc1ccc(NC(=O)COc2ccccc2/C=C2\SC(=O)N(CCOc3cccc4ccccc34)C2=O)cc1Cl. The number of nitrogens with one attached hydrogen (secondary N) is 1. The highest BCUT2D eigenvalue weighted by Crippen LogP contribution is 2.34. The molecule has 4 aromatic rings. The maximum absolute atomic E-state index is 13.1. The normalized spacial score (nSPS) is 14.2. The standard InChI is InChI=1S/C31H25ClN2O5S/c1-20-13-14-23(18-25(20)32)33-29(35)19-39-26-11-5-3-8-22(26)17-28-30(36)34(31(37)40-28)15-16-38-27-12-6-9-21-7-2-4-10-24(21)27/h2-14,17-18H,15-16,19H2,1H3,(H,33,35)/b28-17-. The van der Waals surface area contributed by atoms with Crippen molar-refractivity contribution in [2.75, 3.05) is 25.1 Å². The summed E-state index contributed by atoms with van der Waals surface area (Å²) in [6.07, 6.45) is 1.60. The second kappa shape index (κ2) is 12.3. The van der Waals surface area contributed by atoms with Crippen LogP contribution < -0.4 is 14.8 Å². The first-order valence-corrected chi connectivity index (χ1v) is 13.7. The minimum atomic E-state index is -0.402. The summed E-state index contributed by atoms with van der Waals surface area (Å²) in [5.41, 5.74) is 2.05. The summed E-state index contributed by atoms with van der Waals surface area (Å²) in [7, 11) is 0. The number of rotatable bonds is 9. The number of hydrogen-bond acceptors (Lipinski definition) is 6. The first-order valence-electron chi connectivity index (χ1n) is 12.5. The highest BCUT2D eigenvalue weighted by Gasteiger charge is 2.35. The molecule has 7 nitrogen and oxygen atoms in total. The lowest BCUT2D eigenvalue weighted by molar-refractivity contribution is -0.123. The van der Waals surface area contributed by atoms with E-state index in [1.807, 2.05) is 55.5 Å². The summed E-state index contributed by atoms with van der Waals surface area (Å²) in [4.78, 5) is 39.6. The number of hydrogen-bond donors (Lipinski definition) is 1. The van der Waals surface area contributed by atoms with E-state index in [0.29, 0.717) is 27.8 Å². The van der Waals surface area contributed by atoms with Gasteiger partial charge in [-0.05, 0) is 60.0 Å². The molecule has 1 fully saturated rings. The van der Waals surface area contributed by atoms with E-state index in [1.54, 1.807) is 42.5 Å². The highest BCUT2D eigenvalue weighted by molar-refractivity contribution is 8.18. The number of thioether (sulfide) groups is 1. The largest absolute Gasteiger partial charge is 0.491 e. The summed E-state index contributed by atoms with van der Waals surface area (Å²) in [5.74, 6) is 0.341. The molecule has 0 atom stereocenters. The van der Waals surface area contributed by atoms with Gasteiger partial charge in [-0.1, -0.05) is 72.3 Å². The Kier molecular flexibility index (Phi) is 8.38. The number of benzene rings is 4. The van der Waals surface area contributed by atoms with Crippen LogP contribution in [0.5, 0.6) is 11.5 Å². The van der Waals surface area contributed by atoms with Crippen LogP contribution in [0.15, 0.2) is 89.8 Å². The van der Waals surface area contributed by atoms with Gasteiger partial charge >= 0.3 is 0 Å². The van der Waals surface area contributed by atoms with Gasteiger partial charge in [-0.25, -0.2) is 0 Å². The Morgan fingerprint density at radius 1 is 0.950 bits per heavy atom. The highest BCUT2D eigenvalue weighted by atomic mass is 35.5. The summed E-state index contributed by atoms with van der Waals surface area (Å²) in [5, 5.41) is 4.95. The van der Waals surface area contributed by atoms with Crippen LogP contribution in [0.4, 0.5) is 10.5 Å². The van der Waals surface area contributed by atoms with E-state index >= 15 is 0 Å². The average Bonchev–Trinajstić information content (AvgIpc) is 3.22. The van der Waals surface area contributed by atoms with Crippen molar-refractivity contribution in [3.05, 3.63) is 106 Å². The predicted molar refractivity (Wildman–Crippen MR) is 159 cm³/mol. The number of aryl methyl sites for hydroxylation is 1. The first-order chi connectivity index (χ1) is 19.4. The first kappa shape index (κ1) is 27.3. The van der Waals surface area contributed by atoms with Gasteiger partial charge in [0.15, 0.2) is 6.61 Å². The Morgan fingerprint density at radius 3 is 2.55 bits per heavy atom. The van der Waals surface area contributed by atoms with Gasteiger partial charge < -0.3 is 14.8 Å². The van der Waals surface area contributed by atoms with Gasteiger partial charge in [0, 0.05) is 21.7 Å². The molecule has 202 valence electrons. The molecular weight excluding hydrogens is 548 g/mol. The molecule has 3 amide bonds. The van der Waals surface area contributed by atoms with Crippen LogP contribution in [0, 0.1) is 6.92 Å². The third kappa shape index (κ3) is 6.30. The van der Waals surface area contributed by atoms with Gasteiger partial charge in [-0.2, -0.15) is 0 Å². The van der Waals surface area contributed by atoms with Crippen molar-refractivity contribution in [1.29, 1.82) is 0 Å². The van der Waals surface area contributed by atoms with Gasteiger partial charge in [0.25, 0.3) is 17.1 Å². The van der Waals surface area contributed by atoms with Gasteiger partial charge in [0.1, 0.15) is 18.1 Å². The molecule has 9 heteroatoms. The number of para-hydroxylation sites is 1. The molecule has 1 aliphatic heterocycles. The monoisotopic (exact) mass is 572 g/mol. The van der Waals surface area contributed by atoms with Gasteiger partial charge in [-0.15, -0.1) is 0 Å². The average molecular weight is 573 g/mol. The van der Waals surface area contributed by atoms with Crippen molar-refractivity contribution in [2.45, 2.75) is 6.92 Å². The molecular formula is C31H25ClN2O5S. The van der Waals surface area contributed by atoms with E-state index in [9.17, 15) is 14.4 Å². The smallest absolute Gasteiger partial charge is 0.293 e. The van der Waals surface area contributed by atoms with Crippen molar-refractivity contribution < 1.29 is 23.9 Å². The fourth-order valence-corrected chi connectivity index (χ4v) is 5.18. The van der Waals surface area contributed by atoms with Gasteiger partial charge in [-0.3, -0.25) is 19.3 Å². The van der Waals surface area contributed by atoms with Crippen molar-refractivity contribution in [1.82, 2.24) is 4.90 Å². The van der Waals surface area contributed by atoms with Gasteiger partial charge in [0.05, 0.1) is 11.4 Å². The van der Waals surface area contributed by atoms with Crippen LogP contribution in [0.3, 0.4) is 0 Å². The molecule has 0 radical (unpaired) electrons. The quantitative estimate of drug-likeness (QED) is 0.219. The topological polar surface area (TPSA) is 84.9 Å². The minimum Gasteiger partial charge on any atom is -0.491 e. The molecule has 1 aliphatic rings. The lowest BCUT2D eigenvalue weighted by Gasteiger charge is -2.14. The minimum absolute atomic E-state index is 0.118. The van der Waals surface area contributed by atoms with E-state index in [2.05, 4.69) is 5.32 Å². The van der Waals surface area contributed by atoms with Crippen molar-refractivity contribution in [3.8, 4) is 11.5 Å². The van der Waals surface area contributed by atoms with Crippen molar-refractivity contribution in [2.24, 2.45) is 0 Å². The molecule has 0 aromatic heterocycles. The second-order valence-corrected chi connectivity index (χ2v) is 10.4. The van der Waals surface area contributed by atoms with Crippen LogP contribution in [0.2, 0.25) is 5.02 Å². The molecule has 40 heavy (non-hydrogen) atoms. The molecule has 4 aromatic carbocycles. The molecule has 0 bridgehead atoms. The number of amides is 3. The maximum Gasteiger partial charge on any atom is 0.293 e. The Hall–Kier alpha value is -4.27.